The summed E-state index contributed by atoms with van der Waals surface area (Å²) in [6.07, 6.45) is 2.27. The number of carbonyl (C=O) groups is 1. The van der Waals surface area contributed by atoms with Crippen molar-refractivity contribution in [3.8, 4) is 0 Å². The standard InChI is InChI=1S/C16H14Cl2O/c17-14-10-9-13(11-15(14)18)16(19)8-4-7-12-5-2-1-3-6-12/h1-3,5-6,9-11H,4,7-8H2. The normalized spacial score (nSPS) is 10.4. The first-order valence-electron chi connectivity index (χ1n) is 6.19. The SMILES string of the molecule is O=C(CCCc1ccccc1)c1ccc(Cl)c(Cl)c1. The van der Waals surface area contributed by atoms with Crippen LogP contribution in [-0.2, 0) is 6.42 Å². The van der Waals surface area contributed by atoms with Gasteiger partial charge in [0.15, 0.2) is 5.78 Å². The van der Waals surface area contributed by atoms with Gasteiger partial charge < -0.3 is 0 Å². The Morgan fingerprint density at radius 2 is 1.68 bits per heavy atom. The van der Waals surface area contributed by atoms with E-state index in [0.717, 1.165) is 12.8 Å². The predicted octanol–water partition coefficient (Wildman–Crippen LogP) is 5.20. The predicted molar refractivity (Wildman–Crippen MR) is 80.2 cm³/mol. The average molecular weight is 293 g/mol. The quantitative estimate of drug-likeness (QED) is 0.692. The van der Waals surface area contributed by atoms with Crippen molar-refractivity contribution in [2.75, 3.05) is 0 Å². The van der Waals surface area contributed by atoms with E-state index in [1.54, 1.807) is 18.2 Å². The fraction of sp³-hybridized carbons (Fsp3) is 0.188. The summed E-state index contributed by atoms with van der Waals surface area (Å²) >= 11 is 11.7. The van der Waals surface area contributed by atoms with E-state index in [1.807, 2.05) is 18.2 Å². The summed E-state index contributed by atoms with van der Waals surface area (Å²) in [6.45, 7) is 0. The molecule has 0 aliphatic carbocycles. The number of aryl methyl sites for hydroxylation is 1. The molecule has 0 saturated heterocycles. The van der Waals surface area contributed by atoms with Crippen LogP contribution in [0.25, 0.3) is 0 Å². The smallest absolute Gasteiger partial charge is 0.162 e. The monoisotopic (exact) mass is 292 g/mol. The van der Waals surface area contributed by atoms with Crippen LogP contribution in [0.2, 0.25) is 10.0 Å². The van der Waals surface area contributed by atoms with Crippen LogP contribution in [0.15, 0.2) is 48.5 Å². The molecule has 0 radical (unpaired) electrons. The Balaban J connectivity index is 1.89. The van der Waals surface area contributed by atoms with Gasteiger partial charge in [-0.15, -0.1) is 0 Å². The summed E-state index contributed by atoms with van der Waals surface area (Å²) in [7, 11) is 0. The van der Waals surface area contributed by atoms with Crippen LogP contribution < -0.4 is 0 Å². The highest BCUT2D eigenvalue weighted by Crippen LogP contribution is 2.23. The van der Waals surface area contributed by atoms with Crippen LogP contribution in [0.5, 0.6) is 0 Å². The number of ketones is 1. The van der Waals surface area contributed by atoms with Gasteiger partial charge in [-0.3, -0.25) is 4.79 Å². The van der Waals surface area contributed by atoms with Crippen molar-refractivity contribution in [2.24, 2.45) is 0 Å². The Labute approximate surface area is 123 Å². The van der Waals surface area contributed by atoms with Crippen molar-refractivity contribution < 1.29 is 4.79 Å². The highest BCUT2D eigenvalue weighted by Gasteiger charge is 2.08. The number of carbonyl (C=O) groups excluding carboxylic acids is 1. The van der Waals surface area contributed by atoms with Crippen LogP contribution in [0, 0.1) is 0 Å². The molecule has 0 saturated carbocycles. The van der Waals surface area contributed by atoms with E-state index in [1.165, 1.54) is 5.56 Å². The largest absolute Gasteiger partial charge is 0.294 e. The van der Waals surface area contributed by atoms with E-state index < -0.39 is 0 Å². The second kappa shape index (κ2) is 6.74. The second-order valence-electron chi connectivity index (χ2n) is 4.39. The van der Waals surface area contributed by atoms with Crippen LogP contribution in [-0.4, -0.2) is 5.78 Å². The molecule has 0 amide bonds. The zero-order valence-corrected chi connectivity index (χ0v) is 11.9. The Bertz CT molecular complexity index is 564. The van der Waals surface area contributed by atoms with E-state index in [9.17, 15) is 4.79 Å². The first kappa shape index (κ1) is 14.1. The molecule has 2 rings (SSSR count). The van der Waals surface area contributed by atoms with Gasteiger partial charge in [0.25, 0.3) is 0 Å². The molecule has 0 N–H and O–H groups in total. The molecular weight excluding hydrogens is 279 g/mol. The molecule has 0 heterocycles. The molecule has 0 aromatic heterocycles. The molecule has 2 aromatic rings. The fourth-order valence-corrected chi connectivity index (χ4v) is 2.21. The lowest BCUT2D eigenvalue weighted by atomic mass is 10.0. The molecule has 1 nitrogen and oxygen atoms in total. The third kappa shape index (κ3) is 4.09. The first-order valence-corrected chi connectivity index (χ1v) is 6.94. The van der Waals surface area contributed by atoms with Crippen LogP contribution in [0.4, 0.5) is 0 Å². The number of hydrogen-bond acceptors (Lipinski definition) is 1. The number of benzene rings is 2. The van der Waals surface area contributed by atoms with E-state index in [2.05, 4.69) is 12.1 Å². The summed E-state index contributed by atoms with van der Waals surface area (Å²) in [5.41, 5.74) is 1.88. The molecular formula is C16H14Cl2O. The Kier molecular flexibility index (Phi) is 5.00. The van der Waals surface area contributed by atoms with Crippen molar-refractivity contribution in [2.45, 2.75) is 19.3 Å². The van der Waals surface area contributed by atoms with Crippen molar-refractivity contribution >= 4 is 29.0 Å². The summed E-state index contributed by atoms with van der Waals surface area (Å²) in [5, 5.41) is 0.901. The van der Waals surface area contributed by atoms with Gasteiger partial charge in [-0.25, -0.2) is 0 Å². The minimum Gasteiger partial charge on any atom is -0.294 e. The fourth-order valence-electron chi connectivity index (χ4n) is 1.91. The summed E-state index contributed by atoms with van der Waals surface area (Å²) in [4.78, 5) is 12.0. The number of hydrogen-bond donors (Lipinski definition) is 0. The third-order valence-corrected chi connectivity index (χ3v) is 3.69. The third-order valence-electron chi connectivity index (χ3n) is 2.95. The Hall–Kier alpha value is -1.31. The van der Waals surface area contributed by atoms with Crippen LogP contribution in [0.1, 0.15) is 28.8 Å². The first-order chi connectivity index (χ1) is 9.16. The lowest BCUT2D eigenvalue weighted by Gasteiger charge is -2.03. The molecule has 0 spiro atoms. The van der Waals surface area contributed by atoms with E-state index in [-0.39, 0.29) is 5.78 Å². The van der Waals surface area contributed by atoms with E-state index in [4.69, 9.17) is 23.2 Å². The number of halogens is 2. The molecule has 0 aliphatic rings. The molecule has 3 heteroatoms. The molecule has 0 unspecified atom stereocenters. The maximum absolute atomic E-state index is 12.0. The zero-order chi connectivity index (χ0) is 13.7. The molecule has 0 aliphatic heterocycles. The maximum atomic E-state index is 12.0. The van der Waals surface area contributed by atoms with E-state index in [0.29, 0.717) is 22.0 Å². The Morgan fingerprint density at radius 3 is 2.37 bits per heavy atom. The van der Waals surface area contributed by atoms with Gasteiger partial charge in [0.2, 0.25) is 0 Å². The van der Waals surface area contributed by atoms with Crippen molar-refractivity contribution in [1.29, 1.82) is 0 Å². The molecule has 19 heavy (non-hydrogen) atoms. The van der Waals surface area contributed by atoms with Gasteiger partial charge >= 0.3 is 0 Å². The van der Waals surface area contributed by atoms with Gasteiger partial charge in [0, 0.05) is 12.0 Å². The molecule has 0 fully saturated rings. The number of rotatable bonds is 5. The summed E-state index contributed by atoms with van der Waals surface area (Å²) in [5.74, 6) is 0.106. The van der Waals surface area contributed by atoms with Crippen LogP contribution in [0.3, 0.4) is 0 Å². The number of Topliss-reactive ketones (excluding diaryl/α,β-unsaturated/α-hetero) is 1. The molecule has 0 atom stereocenters. The van der Waals surface area contributed by atoms with Crippen LogP contribution >= 0.6 is 23.2 Å². The highest BCUT2D eigenvalue weighted by molar-refractivity contribution is 6.42. The minimum absolute atomic E-state index is 0.106. The van der Waals surface area contributed by atoms with Gasteiger partial charge in [-0.2, -0.15) is 0 Å². The van der Waals surface area contributed by atoms with Gasteiger partial charge in [-0.1, -0.05) is 53.5 Å². The second-order valence-corrected chi connectivity index (χ2v) is 5.21. The minimum atomic E-state index is 0.106. The van der Waals surface area contributed by atoms with Gasteiger partial charge in [0.1, 0.15) is 0 Å². The Morgan fingerprint density at radius 1 is 0.947 bits per heavy atom. The zero-order valence-electron chi connectivity index (χ0n) is 10.4. The van der Waals surface area contributed by atoms with Crippen molar-refractivity contribution in [1.82, 2.24) is 0 Å². The highest BCUT2D eigenvalue weighted by atomic mass is 35.5. The van der Waals surface area contributed by atoms with Gasteiger partial charge in [0.05, 0.1) is 10.0 Å². The van der Waals surface area contributed by atoms with Gasteiger partial charge in [-0.05, 0) is 36.6 Å². The van der Waals surface area contributed by atoms with Crippen molar-refractivity contribution in [3.05, 3.63) is 69.7 Å². The average Bonchev–Trinajstić information content (AvgIpc) is 2.43. The lowest BCUT2D eigenvalue weighted by Crippen LogP contribution is -2.00. The molecule has 98 valence electrons. The maximum Gasteiger partial charge on any atom is 0.162 e. The summed E-state index contributed by atoms with van der Waals surface area (Å²) < 4.78 is 0. The molecule has 2 aromatic carbocycles. The van der Waals surface area contributed by atoms with E-state index >= 15 is 0 Å². The topological polar surface area (TPSA) is 17.1 Å². The summed E-state index contributed by atoms with van der Waals surface area (Å²) in [6, 6.07) is 15.2. The molecule has 0 bridgehead atoms. The lowest BCUT2D eigenvalue weighted by molar-refractivity contribution is 0.0980. The van der Waals surface area contributed by atoms with Crippen molar-refractivity contribution in [3.63, 3.8) is 0 Å².